The Labute approximate surface area is 80.9 Å². The second-order valence-electron chi connectivity index (χ2n) is 3.10. The van der Waals surface area contributed by atoms with Crippen LogP contribution in [-0.2, 0) is 4.79 Å². The molecule has 0 aliphatic heterocycles. The number of rotatable bonds is 2. The predicted molar refractivity (Wildman–Crippen MR) is 48.6 cm³/mol. The van der Waals surface area contributed by atoms with E-state index in [1.54, 1.807) is 6.92 Å². The summed E-state index contributed by atoms with van der Waals surface area (Å²) in [6.07, 6.45) is 0. The maximum atomic E-state index is 12.8. The average molecular weight is 199 g/mol. The molecule has 0 heterocycles. The molecule has 1 rings (SSSR count). The van der Waals surface area contributed by atoms with Gasteiger partial charge in [0.2, 0.25) is 5.91 Å². The highest BCUT2D eigenvalue weighted by Crippen LogP contribution is 2.15. The van der Waals surface area contributed by atoms with Gasteiger partial charge in [-0.05, 0) is 24.6 Å². The van der Waals surface area contributed by atoms with Gasteiger partial charge in [-0.1, -0.05) is 6.07 Å². The minimum Gasteiger partial charge on any atom is -0.350 e. The first-order chi connectivity index (χ1) is 6.50. The molecule has 0 aromatic heterocycles. The van der Waals surface area contributed by atoms with E-state index in [0.717, 1.165) is 12.1 Å². The number of hydrogen-bond acceptors (Lipinski definition) is 1. The number of halogens is 2. The smallest absolute Gasteiger partial charge is 0.217 e. The van der Waals surface area contributed by atoms with Gasteiger partial charge in [0.05, 0.1) is 6.04 Å². The minimum atomic E-state index is -0.903. The van der Waals surface area contributed by atoms with E-state index in [2.05, 4.69) is 5.32 Å². The molecule has 76 valence electrons. The highest BCUT2D eigenvalue weighted by Gasteiger charge is 2.09. The first-order valence-electron chi connectivity index (χ1n) is 4.22. The van der Waals surface area contributed by atoms with Crippen LogP contribution in [-0.4, -0.2) is 5.91 Å². The third-order valence-electron chi connectivity index (χ3n) is 1.86. The van der Waals surface area contributed by atoms with Crippen LogP contribution in [0, 0.1) is 11.6 Å². The molecule has 0 spiro atoms. The summed E-state index contributed by atoms with van der Waals surface area (Å²) in [6, 6.07) is 3.25. The summed E-state index contributed by atoms with van der Waals surface area (Å²) in [6.45, 7) is 3.07. The van der Waals surface area contributed by atoms with Crippen LogP contribution in [0.2, 0.25) is 0 Å². The highest BCUT2D eigenvalue weighted by molar-refractivity contribution is 5.73. The van der Waals surface area contributed by atoms with Gasteiger partial charge in [-0.25, -0.2) is 8.78 Å². The van der Waals surface area contributed by atoms with Crippen LogP contribution in [0.25, 0.3) is 0 Å². The summed E-state index contributed by atoms with van der Waals surface area (Å²) < 4.78 is 25.4. The van der Waals surface area contributed by atoms with Gasteiger partial charge in [-0.15, -0.1) is 0 Å². The fourth-order valence-electron chi connectivity index (χ4n) is 1.17. The van der Waals surface area contributed by atoms with Gasteiger partial charge in [0.15, 0.2) is 11.6 Å². The van der Waals surface area contributed by atoms with E-state index in [0.29, 0.717) is 5.56 Å². The van der Waals surface area contributed by atoms with Crippen molar-refractivity contribution in [2.45, 2.75) is 19.9 Å². The van der Waals surface area contributed by atoms with Crippen LogP contribution >= 0.6 is 0 Å². The first kappa shape index (κ1) is 10.6. The molecule has 0 aliphatic carbocycles. The number of hydrogen-bond donors (Lipinski definition) is 1. The zero-order valence-corrected chi connectivity index (χ0v) is 7.97. The van der Waals surface area contributed by atoms with Crippen molar-refractivity contribution in [2.24, 2.45) is 0 Å². The molecule has 0 radical (unpaired) electrons. The summed E-state index contributed by atoms with van der Waals surface area (Å²) in [5.74, 6) is -1.99. The Balaban J connectivity index is 2.85. The SMILES string of the molecule is CC(=O)N[C@@H](C)c1ccc(F)c(F)c1. The molecular weight excluding hydrogens is 188 g/mol. The van der Waals surface area contributed by atoms with Crippen LogP contribution < -0.4 is 5.32 Å². The van der Waals surface area contributed by atoms with E-state index in [-0.39, 0.29) is 11.9 Å². The van der Waals surface area contributed by atoms with Crippen molar-refractivity contribution in [3.8, 4) is 0 Å². The standard InChI is InChI=1S/C10H11F2NO/c1-6(13-7(2)14)8-3-4-9(11)10(12)5-8/h3-6H,1-2H3,(H,13,14)/t6-/m0/s1. The van der Waals surface area contributed by atoms with Crippen LogP contribution in [0.5, 0.6) is 0 Å². The topological polar surface area (TPSA) is 29.1 Å². The number of amides is 1. The quantitative estimate of drug-likeness (QED) is 0.777. The van der Waals surface area contributed by atoms with E-state index in [1.165, 1.54) is 13.0 Å². The van der Waals surface area contributed by atoms with Crippen LogP contribution in [0.4, 0.5) is 8.78 Å². The van der Waals surface area contributed by atoms with Crippen LogP contribution in [0.3, 0.4) is 0 Å². The van der Waals surface area contributed by atoms with Gasteiger partial charge >= 0.3 is 0 Å². The van der Waals surface area contributed by atoms with Crippen molar-refractivity contribution in [3.63, 3.8) is 0 Å². The van der Waals surface area contributed by atoms with Crippen molar-refractivity contribution in [2.75, 3.05) is 0 Å². The summed E-state index contributed by atoms with van der Waals surface area (Å²) in [7, 11) is 0. The van der Waals surface area contributed by atoms with Gasteiger partial charge in [0.1, 0.15) is 0 Å². The number of nitrogens with one attached hydrogen (secondary N) is 1. The lowest BCUT2D eigenvalue weighted by atomic mass is 10.1. The van der Waals surface area contributed by atoms with E-state index in [1.807, 2.05) is 0 Å². The molecule has 2 nitrogen and oxygen atoms in total. The Morgan fingerprint density at radius 2 is 2.00 bits per heavy atom. The Kier molecular flexibility index (Phi) is 3.17. The van der Waals surface area contributed by atoms with Crippen LogP contribution in [0.15, 0.2) is 18.2 Å². The molecule has 1 amide bonds. The Bertz CT molecular complexity index is 352. The monoisotopic (exact) mass is 199 g/mol. The van der Waals surface area contributed by atoms with Gasteiger partial charge in [0.25, 0.3) is 0 Å². The third kappa shape index (κ3) is 2.52. The van der Waals surface area contributed by atoms with E-state index < -0.39 is 11.6 Å². The number of benzene rings is 1. The Hall–Kier alpha value is -1.45. The average Bonchev–Trinajstić information content (AvgIpc) is 2.08. The normalized spacial score (nSPS) is 12.3. The van der Waals surface area contributed by atoms with Gasteiger partial charge in [-0.2, -0.15) is 0 Å². The summed E-state index contributed by atoms with van der Waals surface area (Å²) >= 11 is 0. The van der Waals surface area contributed by atoms with Crippen LogP contribution in [0.1, 0.15) is 25.5 Å². The van der Waals surface area contributed by atoms with Crippen molar-refractivity contribution in [3.05, 3.63) is 35.4 Å². The van der Waals surface area contributed by atoms with E-state index in [9.17, 15) is 13.6 Å². The van der Waals surface area contributed by atoms with Gasteiger partial charge in [-0.3, -0.25) is 4.79 Å². The van der Waals surface area contributed by atoms with Crippen molar-refractivity contribution in [1.29, 1.82) is 0 Å². The molecule has 1 aromatic rings. The second kappa shape index (κ2) is 4.17. The molecule has 0 unspecified atom stereocenters. The van der Waals surface area contributed by atoms with Crippen molar-refractivity contribution in [1.82, 2.24) is 5.32 Å². The molecule has 1 N–H and O–H groups in total. The maximum Gasteiger partial charge on any atom is 0.217 e. The number of carbonyl (C=O) groups excluding carboxylic acids is 1. The Morgan fingerprint density at radius 3 is 2.50 bits per heavy atom. The summed E-state index contributed by atoms with van der Waals surface area (Å²) in [5, 5.41) is 2.58. The first-order valence-corrected chi connectivity index (χ1v) is 4.22. The zero-order chi connectivity index (χ0) is 10.7. The highest BCUT2D eigenvalue weighted by atomic mass is 19.2. The van der Waals surface area contributed by atoms with Gasteiger partial charge in [0, 0.05) is 6.92 Å². The predicted octanol–water partition coefficient (Wildman–Crippen LogP) is 2.16. The number of carbonyl (C=O) groups is 1. The van der Waals surface area contributed by atoms with E-state index >= 15 is 0 Å². The zero-order valence-electron chi connectivity index (χ0n) is 7.97. The molecule has 1 atom stereocenters. The maximum absolute atomic E-state index is 12.8. The molecular formula is C10H11F2NO. The summed E-state index contributed by atoms with van der Waals surface area (Å²) in [4.78, 5) is 10.7. The summed E-state index contributed by atoms with van der Waals surface area (Å²) in [5.41, 5.74) is 0.541. The van der Waals surface area contributed by atoms with Crippen molar-refractivity contribution >= 4 is 5.91 Å². The molecule has 0 saturated heterocycles. The van der Waals surface area contributed by atoms with Crippen molar-refractivity contribution < 1.29 is 13.6 Å². The molecule has 4 heteroatoms. The molecule has 14 heavy (non-hydrogen) atoms. The molecule has 0 saturated carbocycles. The fourth-order valence-corrected chi connectivity index (χ4v) is 1.17. The molecule has 1 aromatic carbocycles. The molecule has 0 fully saturated rings. The Morgan fingerprint density at radius 1 is 1.36 bits per heavy atom. The fraction of sp³-hybridized carbons (Fsp3) is 0.300. The van der Waals surface area contributed by atoms with E-state index in [4.69, 9.17) is 0 Å². The largest absolute Gasteiger partial charge is 0.350 e. The molecule has 0 bridgehead atoms. The minimum absolute atomic E-state index is 0.206. The third-order valence-corrected chi connectivity index (χ3v) is 1.86. The van der Waals surface area contributed by atoms with Gasteiger partial charge < -0.3 is 5.32 Å². The lowest BCUT2D eigenvalue weighted by Gasteiger charge is -2.12. The lowest BCUT2D eigenvalue weighted by Crippen LogP contribution is -2.23. The lowest BCUT2D eigenvalue weighted by molar-refractivity contribution is -0.119. The second-order valence-corrected chi connectivity index (χ2v) is 3.10. The molecule has 0 aliphatic rings.